The maximum Gasteiger partial charge on any atom is 0.165 e. The standard InChI is InChI=1S/C16H15FN2O2/c1-19-13-6-4-3-5-11(13)15(18-19)16(20)10-7-8-14(21-2)12(17)9-10/h3-9,16,20H,1-2H3. The summed E-state index contributed by atoms with van der Waals surface area (Å²) in [5, 5.41) is 15.7. The lowest BCUT2D eigenvalue weighted by atomic mass is 10.0. The van der Waals surface area contributed by atoms with E-state index in [4.69, 9.17) is 4.74 Å². The molecule has 21 heavy (non-hydrogen) atoms. The SMILES string of the molecule is COc1ccc(C(O)c2nn(C)c3ccccc23)cc1F. The number of methoxy groups -OCH3 is 1. The fourth-order valence-corrected chi connectivity index (χ4v) is 2.45. The van der Waals surface area contributed by atoms with Gasteiger partial charge in [0.15, 0.2) is 11.6 Å². The summed E-state index contributed by atoms with van der Waals surface area (Å²) in [5.74, 6) is -0.355. The van der Waals surface area contributed by atoms with Crippen LogP contribution in [0.5, 0.6) is 5.75 Å². The first-order chi connectivity index (χ1) is 10.1. The molecular weight excluding hydrogens is 271 g/mol. The smallest absolute Gasteiger partial charge is 0.165 e. The molecule has 4 nitrogen and oxygen atoms in total. The van der Waals surface area contributed by atoms with Crippen molar-refractivity contribution in [1.82, 2.24) is 9.78 Å². The van der Waals surface area contributed by atoms with Crippen LogP contribution in [0, 0.1) is 5.82 Å². The number of aryl methyl sites for hydroxylation is 1. The number of halogens is 1. The number of rotatable bonds is 3. The van der Waals surface area contributed by atoms with Gasteiger partial charge >= 0.3 is 0 Å². The number of fused-ring (bicyclic) bond motifs is 1. The number of aliphatic hydroxyl groups is 1. The zero-order valence-corrected chi connectivity index (χ0v) is 11.7. The number of ether oxygens (including phenoxy) is 1. The van der Waals surface area contributed by atoms with Gasteiger partial charge in [-0.2, -0.15) is 5.10 Å². The van der Waals surface area contributed by atoms with Gasteiger partial charge in [-0.3, -0.25) is 4.68 Å². The third kappa shape index (κ3) is 2.25. The number of nitrogens with zero attached hydrogens (tertiary/aromatic N) is 2. The Kier molecular flexibility index (Phi) is 3.35. The Bertz CT molecular complexity index is 798. The molecule has 108 valence electrons. The van der Waals surface area contributed by atoms with Gasteiger partial charge in [-0.05, 0) is 23.8 Å². The van der Waals surface area contributed by atoms with E-state index in [2.05, 4.69) is 5.10 Å². The van der Waals surface area contributed by atoms with Gasteiger partial charge in [0.25, 0.3) is 0 Å². The lowest BCUT2D eigenvalue weighted by Crippen LogP contribution is -2.03. The van der Waals surface area contributed by atoms with Gasteiger partial charge in [-0.1, -0.05) is 24.3 Å². The summed E-state index contributed by atoms with van der Waals surface area (Å²) in [6.07, 6.45) is -0.989. The first-order valence-corrected chi connectivity index (χ1v) is 6.55. The number of aliphatic hydroxyl groups excluding tert-OH is 1. The van der Waals surface area contributed by atoms with Crippen molar-refractivity contribution in [2.24, 2.45) is 7.05 Å². The molecule has 0 spiro atoms. The van der Waals surface area contributed by atoms with Gasteiger partial charge in [0, 0.05) is 12.4 Å². The molecule has 3 aromatic rings. The number of benzene rings is 2. The van der Waals surface area contributed by atoms with Crippen molar-refractivity contribution in [1.29, 1.82) is 0 Å². The molecule has 1 unspecified atom stereocenters. The normalized spacial score (nSPS) is 12.6. The molecule has 1 heterocycles. The lowest BCUT2D eigenvalue weighted by Gasteiger charge is -2.10. The molecule has 0 saturated carbocycles. The molecule has 3 rings (SSSR count). The molecule has 0 aliphatic carbocycles. The Morgan fingerprint density at radius 2 is 2.00 bits per heavy atom. The Labute approximate surface area is 121 Å². The number of hydrogen-bond donors (Lipinski definition) is 1. The van der Waals surface area contributed by atoms with E-state index in [1.807, 2.05) is 31.3 Å². The van der Waals surface area contributed by atoms with E-state index >= 15 is 0 Å². The summed E-state index contributed by atoms with van der Waals surface area (Å²) >= 11 is 0. The molecule has 0 radical (unpaired) electrons. The van der Waals surface area contributed by atoms with E-state index in [0.717, 1.165) is 10.9 Å². The quantitative estimate of drug-likeness (QED) is 0.805. The third-order valence-electron chi connectivity index (χ3n) is 3.54. The topological polar surface area (TPSA) is 47.3 Å². The third-order valence-corrected chi connectivity index (χ3v) is 3.54. The maximum atomic E-state index is 13.8. The average molecular weight is 286 g/mol. The molecule has 0 fully saturated rings. The predicted molar refractivity (Wildman–Crippen MR) is 77.7 cm³/mol. The van der Waals surface area contributed by atoms with Crippen molar-refractivity contribution in [2.75, 3.05) is 7.11 Å². The van der Waals surface area contributed by atoms with Crippen LogP contribution >= 0.6 is 0 Å². The highest BCUT2D eigenvalue weighted by Gasteiger charge is 2.19. The summed E-state index contributed by atoms with van der Waals surface area (Å²) < 4.78 is 20.4. The molecule has 0 aliphatic rings. The lowest BCUT2D eigenvalue weighted by molar-refractivity contribution is 0.215. The number of hydrogen-bond acceptors (Lipinski definition) is 3. The monoisotopic (exact) mass is 286 g/mol. The summed E-state index contributed by atoms with van der Waals surface area (Å²) in [5.41, 5.74) is 1.87. The zero-order chi connectivity index (χ0) is 15.0. The molecule has 1 atom stereocenters. The molecule has 2 aromatic carbocycles. The van der Waals surface area contributed by atoms with Crippen molar-refractivity contribution in [3.63, 3.8) is 0 Å². The van der Waals surface area contributed by atoms with Gasteiger partial charge in [-0.25, -0.2) is 4.39 Å². The summed E-state index contributed by atoms with van der Waals surface area (Å²) in [6, 6.07) is 12.0. The maximum absolute atomic E-state index is 13.8. The van der Waals surface area contributed by atoms with Crippen LogP contribution in [-0.4, -0.2) is 22.0 Å². The van der Waals surface area contributed by atoms with Crippen LogP contribution in [0.4, 0.5) is 4.39 Å². The molecule has 1 N–H and O–H groups in total. The summed E-state index contributed by atoms with van der Waals surface area (Å²) in [7, 11) is 3.22. The predicted octanol–water partition coefficient (Wildman–Crippen LogP) is 2.80. The van der Waals surface area contributed by atoms with Gasteiger partial charge in [0.1, 0.15) is 11.8 Å². The van der Waals surface area contributed by atoms with Gasteiger partial charge < -0.3 is 9.84 Å². The van der Waals surface area contributed by atoms with E-state index in [-0.39, 0.29) is 5.75 Å². The first kappa shape index (κ1) is 13.6. The Hall–Kier alpha value is -2.40. The fourth-order valence-electron chi connectivity index (χ4n) is 2.45. The molecule has 0 saturated heterocycles. The van der Waals surface area contributed by atoms with E-state index in [0.29, 0.717) is 11.3 Å². The van der Waals surface area contributed by atoms with Crippen LogP contribution in [-0.2, 0) is 7.05 Å². The van der Waals surface area contributed by atoms with Gasteiger partial charge in [0.2, 0.25) is 0 Å². The fraction of sp³-hybridized carbons (Fsp3) is 0.188. The van der Waals surface area contributed by atoms with Crippen LogP contribution in [0.25, 0.3) is 10.9 Å². The minimum atomic E-state index is -0.989. The molecule has 1 aromatic heterocycles. The second kappa shape index (κ2) is 5.18. The van der Waals surface area contributed by atoms with Crippen molar-refractivity contribution < 1.29 is 14.2 Å². The van der Waals surface area contributed by atoms with E-state index in [1.165, 1.54) is 19.2 Å². The van der Waals surface area contributed by atoms with Crippen molar-refractivity contribution in [3.05, 3.63) is 59.5 Å². The van der Waals surface area contributed by atoms with Crippen LogP contribution in [0.1, 0.15) is 17.4 Å². The van der Waals surface area contributed by atoms with Gasteiger partial charge in [-0.15, -0.1) is 0 Å². The number of para-hydroxylation sites is 1. The summed E-state index contributed by atoms with van der Waals surface area (Å²) in [4.78, 5) is 0. The second-order valence-electron chi connectivity index (χ2n) is 4.82. The molecule has 5 heteroatoms. The first-order valence-electron chi connectivity index (χ1n) is 6.55. The van der Waals surface area contributed by atoms with Crippen molar-refractivity contribution >= 4 is 10.9 Å². The molecule has 0 amide bonds. The number of aromatic nitrogens is 2. The summed E-state index contributed by atoms with van der Waals surface area (Å²) in [6.45, 7) is 0. The Morgan fingerprint density at radius 1 is 1.24 bits per heavy atom. The Balaban J connectivity index is 2.08. The van der Waals surface area contributed by atoms with Crippen LogP contribution < -0.4 is 4.74 Å². The second-order valence-corrected chi connectivity index (χ2v) is 4.82. The van der Waals surface area contributed by atoms with Crippen LogP contribution in [0.2, 0.25) is 0 Å². The van der Waals surface area contributed by atoms with E-state index < -0.39 is 11.9 Å². The highest BCUT2D eigenvalue weighted by atomic mass is 19.1. The molecular formula is C16H15FN2O2. The van der Waals surface area contributed by atoms with E-state index in [9.17, 15) is 9.50 Å². The average Bonchev–Trinajstić information content (AvgIpc) is 2.84. The minimum Gasteiger partial charge on any atom is -0.494 e. The Morgan fingerprint density at radius 3 is 2.71 bits per heavy atom. The largest absolute Gasteiger partial charge is 0.494 e. The van der Waals surface area contributed by atoms with E-state index in [1.54, 1.807) is 10.7 Å². The molecule has 0 bridgehead atoms. The van der Waals surface area contributed by atoms with Gasteiger partial charge in [0.05, 0.1) is 12.6 Å². The van der Waals surface area contributed by atoms with Crippen molar-refractivity contribution in [2.45, 2.75) is 6.10 Å². The van der Waals surface area contributed by atoms with Crippen LogP contribution in [0.3, 0.4) is 0 Å². The highest BCUT2D eigenvalue weighted by Crippen LogP contribution is 2.30. The zero-order valence-electron chi connectivity index (χ0n) is 11.7. The van der Waals surface area contributed by atoms with Crippen LogP contribution in [0.15, 0.2) is 42.5 Å². The molecule has 0 aliphatic heterocycles. The highest BCUT2D eigenvalue weighted by molar-refractivity contribution is 5.82. The van der Waals surface area contributed by atoms with Crippen molar-refractivity contribution in [3.8, 4) is 5.75 Å². The minimum absolute atomic E-state index is 0.150.